The van der Waals surface area contributed by atoms with Crippen molar-refractivity contribution in [2.75, 3.05) is 13.1 Å². The van der Waals surface area contributed by atoms with Gasteiger partial charge in [0, 0.05) is 36.5 Å². The second-order valence-corrected chi connectivity index (χ2v) is 10.3. The Kier molecular flexibility index (Phi) is 4.17. The van der Waals surface area contributed by atoms with Crippen molar-refractivity contribution < 1.29 is 9.90 Å². The van der Waals surface area contributed by atoms with Crippen molar-refractivity contribution in [2.45, 2.75) is 49.9 Å². The molecule has 3 unspecified atom stereocenters. The summed E-state index contributed by atoms with van der Waals surface area (Å²) in [7, 11) is 0. The minimum absolute atomic E-state index is 0.0381. The molecule has 4 aliphatic rings. The van der Waals surface area contributed by atoms with Crippen molar-refractivity contribution in [1.29, 1.82) is 0 Å². The molecule has 2 aliphatic carbocycles. The molecule has 5 heteroatoms. The van der Waals surface area contributed by atoms with Crippen LogP contribution in [-0.2, 0) is 22.6 Å². The summed E-state index contributed by atoms with van der Waals surface area (Å²) < 4.78 is 0. The topological polar surface area (TPSA) is 78.6 Å². The molecule has 162 valence electrons. The van der Waals surface area contributed by atoms with Crippen molar-refractivity contribution in [2.24, 2.45) is 23.0 Å². The van der Waals surface area contributed by atoms with E-state index in [1.807, 2.05) is 30.3 Å². The number of aliphatic hydroxyl groups is 1. The molecule has 2 aromatic rings. The summed E-state index contributed by atoms with van der Waals surface area (Å²) in [6.07, 6.45) is 4.92. The standard InChI is InChI=1S/C26H31N3O2/c27-26(24-14-20(24)16-29(17-24)15-18-8-2-1-3-9-18)22-13-7-6-12-21(22)25(31,23(30)28-26)19-10-4-5-11-19/h1-3,6-9,12-13,19-20,31H,4-5,10-11,14-17,27H2,(H,28,30)/t20?,24?,25-,26?/m0/s1. The molecule has 2 saturated carbocycles. The van der Waals surface area contributed by atoms with Crippen LogP contribution in [0.2, 0.25) is 0 Å². The third kappa shape index (κ3) is 2.63. The maximum absolute atomic E-state index is 13.5. The van der Waals surface area contributed by atoms with Crippen LogP contribution in [0.1, 0.15) is 48.8 Å². The molecule has 2 aromatic carbocycles. The highest BCUT2D eigenvalue weighted by Crippen LogP contribution is 2.66. The molecule has 5 nitrogen and oxygen atoms in total. The van der Waals surface area contributed by atoms with Crippen LogP contribution in [0.5, 0.6) is 0 Å². The van der Waals surface area contributed by atoms with Crippen LogP contribution in [0.4, 0.5) is 0 Å². The number of rotatable bonds is 4. The van der Waals surface area contributed by atoms with Gasteiger partial charge in [-0.2, -0.15) is 0 Å². The summed E-state index contributed by atoms with van der Waals surface area (Å²) in [6.45, 7) is 2.76. The molecule has 0 radical (unpaired) electrons. The van der Waals surface area contributed by atoms with Crippen LogP contribution in [0.25, 0.3) is 0 Å². The Morgan fingerprint density at radius 1 is 1.00 bits per heavy atom. The zero-order chi connectivity index (χ0) is 21.3. The second-order valence-electron chi connectivity index (χ2n) is 10.3. The molecule has 0 bridgehead atoms. The number of amides is 1. The molecular formula is C26H31N3O2. The first-order valence-electron chi connectivity index (χ1n) is 11.7. The molecule has 4 atom stereocenters. The fourth-order valence-corrected chi connectivity index (χ4v) is 6.92. The van der Waals surface area contributed by atoms with Gasteiger partial charge in [0.1, 0.15) is 5.66 Å². The normalized spacial score (nSPS) is 37.4. The van der Waals surface area contributed by atoms with E-state index in [1.165, 1.54) is 5.56 Å². The quantitative estimate of drug-likeness (QED) is 0.715. The van der Waals surface area contributed by atoms with E-state index >= 15 is 0 Å². The number of carbonyl (C=O) groups is 1. The lowest BCUT2D eigenvalue weighted by molar-refractivity contribution is -0.154. The first kappa shape index (κ1) is 19.5. The molecule has 31 heavy (non-hydrogen) atoms. The average molecular weight is 418 g/mol. The maximum Gasteiger partial charge on any atom is 0.258 e. The van der Waals surface area contributed by atoms with E-state index in [9.17, 15) is 9.90 Å². The van der Waals surface area contributed by atoms with Gasteiger partial charge in [0.15, 0.2) is 5.60 Å². The van der Waals surface area contributed by atoms with Gasteiger partial charge in [-0.05, 0) is 36.3 Å². The Morgan fingerprint density at radius 3 is 2.42 bits per heavy atom. The van der Waals surface area contributed by atoms with Crippen LogP contribution in [0.15, 0.2) is 54.6 Å². The second kappa shape index (κ2) is 6.64. The van der Waals surface area contributed by atoms with Gasteiger partial charge in [0.05, 0.1) is 0 Å². The van der Waals surface area contributed by atoms with E-state index in [4.69, 9.17) is 5.73 Å². The SMILES string of the molecule is NC1(C23CC2CN(Cc2ccccc2)C3)NC(=O)[C@](O)(C2CCCC2)c2ccccc21. The fraction of sp³-hybridized carbons (Fsp3) is 0.500. The van der Waals surface area contributed by atoms with Crippen LogP contribution in [0.3, 0.4) is 0 Å². The summed E-state index contributed by atoms with van der Waals surface area (Å²) in [5.41, 5.74) is 7.50. The maximum atomic E-state index is 13.5. The number of fused-ring (bicyclic) bond motifs is 2. The largest absolute Gasteiger partial charge is 0.375 e. The molecule has 0 spiro atoms. The number of hydrogen-bond donors (Lipinski definition) is 3. The first-order valence-corrected chi connectivity index (χ1v) is 11.7. The lowest BCUT2D eigenvalue weighted by atomic mass is 9.68. The molecule has 0 aromatic heterocycles. The molecule has 2 aliphatic heterocycles. The van der Waals surface area contributed by atoms with Gasteiger partial charge in [0.25, 0.3) is 5.91 Å². The molecular weight excluding hydrogens is 386 g/mol. The number of nitrogens with zero attached hydrogens (tertiary/aromatic N) is 1. The molecule has 2 heterocycles. The number of carbonyl (C=O) groups excluding carboxylic acids is 1. The highest BCUT2D eigenvalue weighted by Gasteiger charge is 2.72. The van der Waals surface area contributed by atoms with Gasteiger partial charge in [-0.25, -0.2) is 0 Å². The van der Waals surface area contributed by atoms with Crippen LogP contribution >= 0.6 is 0 Å². The van der Waals surface area contributed by atoms with Crippen molar-refractivity contribution in [3.8, 4) is 0 Å². The molecule has 3 fully saturated rings. The molecule has 1 saturated heterocycles. The zero-order valence-corrected chi connectivity index (χ0v) is 17.9. The highest BCUT2D eigenvalue weighted by molar-refractivity contribution is 5.90. The summed E-state index contributed by atoms with van der Waals surface area (Å²) in [6, 6.07) is 18.4. The Balaban J connectivity index is 1.36. The Hall–Kier alpha value is -2.21. The van der Waals surface area contributed by atoms with Crippen molar-refractivity contribution in [1.82, 2.24) is 10.2 Å². The summed E-state index contributed by atoms with van der Waals surface area (Å²) in [5, 5.41) is 14.9. The number of benzene rings is 2. The van der Waals surface area contributed by atoms with Gasteiger partial charge in [-0.1, -0.05) is 67.4 Å². The smallest absolute Gasteiger partial charge is 0.258 e. The summed E-state index contributed by atoms with van der Waals surface area (Å²) in [5.74, 6) is 0.123. The lowest BCUT2D eigenvalue weighted by Gasteiger charge is -2.49. The third-order valence-electron chi connectivity index (χ3n) is 8.62. The summed E-state index contributed by atoms with van der Waals surface area (Å²) >= 11 is 0. The monoisotopic (exact) mass is 417 g/mol. The number of nitrogens with one attached hydrogen (secondary N) is 1. The van der Waals surface area contributed by atoms with Crippen LogP contribution in [0, 0.1) is 17.3 Å². The van der Waals surface area contributed by atoms with E-state index in [0.29, 0.717) is 5.92 Å². The highest BCUT2D eigenvalue weighted by atomic mass is 16.3. The van der Waals surface area contributed by atoms with E-state index in [2.05, 4.69) is 34.5 Å². The van der Waals surface area contributed by atoms with Crippen molar-refractivity contribution >= 4 is 5.91 Å². The van der Waals surface area contributed by atoms with E-state index < -0.39 is 11.3 Å². The molecule has 4 N–H and O–H groups in total. The predicted octanol–water partition coefficient (Wildman–Crippen LogP) is 2.83. The van der Waals surface area contributed by atoms with Crippen LogP contribution < -0.4 is 11.1 Å². The number of nitrogens with two attached hydrogens (primary N) is 1. The van der Waals surface area contributed by atoms with E-state index in [1.54, 1.807) is 0 Å². The van der Waals surface area contributed by atoms with Gasteiger partial charge in [0.2, 0.25) is 0 Å². The predicted molar refractivity (Wildman–Crippen MR) is 119 cm³/mol. The minimum atomic E-state index is -1.47. The van der Waals surface area contributed by atoms with Gasteiger partial charge in [-0.15, -0.1) is 0 Å². The lowest BCUT2D eigenvalue weighted by Crippen LogP contribution is -2.69. The number of likely N-dealkylation sites (tertiary alicyclic amines) is 1. The molecule has 6 rings (SSSR count). The first-order chi connectivity index (χ1) is 15.0. The Labute approximate surface area is 183 Å². The average Bonchev–Trinajstić information content (AvgIpc) is 3.13. The third-order valence-corrected chi connectivity index (χ3v) is 8.62. The summed E-state index contributed by atoms with van der Waals surface area (Å²) in [4.78, 5) is 16.0. The minimum Gasteiger partial charge on any atom is -0.375 e. The molecule has 1 amide bonds. The van der Waals surface area contributed by atoms with Gasteiger partial charge < -0.3 is 16.2 Å². The van der Waals surface area contributed by atoms with Gasteiger partial charge >= 0.3 is 0 Å². The van der Waals surface area contributed by atoms with E-state index in [0.717, 1.165) is 62.9 Å². The number of piperidine rings is 1. The van der Waals surface area contributed by atoms with Crippen molar-refractivity contribution in [3.63, 3.8) is 0 Å². The van der Waals surface area contributed by atoms with E-state index in [-0.39, 0.29) is 17.2 Å². The zero-order valence-electron chi connectivity index (χ0n) is 17.9. The number of hydrogen-bond acceptors (Lipinski definition) is 4. The Bertz CT molecular complexity index is 1020. The van der Waals surface area contributed by atoms with Crippen molar-refractivity contribution in [3.05, 3.63) is 71.3 Å². The fourth-order valence-electron chi connectivity index (χ4n) is 6.92. The van der Waals surface area contributed by atoms with Gasteiger partial charge in [-0.3, -0.25) is 9.69 Å². The Morgan fingerprint density at radius 2 is 1.68 bits per heavy atom. The van der Waals surface area contributed by atoms with Crippen LogP contribution in [-0.4, -0.2) is 29.0 Å².